The van der Waals surface area contributed by atoms with Crippen molar-refractivity contribution in [1.82, 2.24) is 10.3 Å². The second-order valence-corrected chi connectivity index (χ2v) is 8.90. The number of nitrogens with one attached hydrogen (secondary N) is 1. The first kappa shape index (κ1) is 23.0. The second kappa shape index (κ2) is 11.1. The van der Waals surface area contributed by atoms with Crippen molar-refractivity contribution in [3.05, 3.63) is 84.2 Å². The Labute approximate surface area is 196 Å². The molecule has 5 heteroatoms. The van der Waals surface area contributed by atoms with Crippen molar-refractivity contribution in [3.63, 3.8) is 0 Å². The minimum absolute atomic E-state index is 0.0517. The number of methoxy groups -OCH3 is 1. The summed E-state index contributed by atoms with van der Waals surface area (Å²) in [4.78, 5) is 17.9. The number of carbonyl (C=O) groups excluding carboxylic acids is 1. The zero-order chi connectivity index (χ0) is 23.0. The van der Waals surface area contributed by atoms with Gasteiger partial charge in [-0.05, 0) is 85.5 Å². The molecule has 0 spiro atoms. The summed E-state index contributed by atoms with van der Waals surface area (Å²) in [6.45, 7) is 0.715. The molecule has 2 aromatic carbocycles. The maximum Gasteiger partial charge on any atom is 0.223 e. The molecule has 1 aliphatic carbocycles. The van der Waals surface area contributed by atoms with Gasteiger partial charge in [-0.2, -0.15) is 0 Å². The van der Waals surface area contributed by atoms with Gasteiger partial charge in [-0.3, -0.25) is 9.78 Å². The van der Waals surface area contributed by atoms with E-state index in [4.69, 9.17) is 10.5 Å². The van der Waals surface area contributed by atoms with E-state index in [1.165, 1.54) is 5.56 Å². The summed E-state index contributed by atoms with van der Waals surface area (Å²) in [5.41, 5.74) is 10.0. The standard InChI is InChI=1S/C28H33N3O2/c1-33-25-13-11-22(12-14-25)24-15-16-30-26(18-24)27(17-20-5-3-2-4-6-20)31-28(32)23-9-7-21(19-29)8-10-23/h2-6,11-16,18,21,23,27H,7-10,17,19,29H2,1H3,(H,31,32)/t21-,23-,27?. The third-order valence-corrected chi connectivity index (χ3v) is 6.71. The highest BCUT2D eigenvalue weighted by atomic mass is 16.5. The highest BCUT2D eigenvalue weighted by Crippen LogP contribution is 2.30. The van der Waals surface area contributed by atoms with Gasteiger partial charge in [-0.25, -0.2) is 0 Å². The molecule has 1 atom stereocenters. The average Bonchev–Trinajstić information content (AvgIpc) is 2.89. The highest BCUT2D eigenvalue weighted by molar-refractivity contribution is 5.79. The van der Waals surface area contributed by atoms with Crippen LogP contribution < -0.4 is 15.8 Å². The van der Waals surface area contributed by atoms with Gasteiger partial charge < -0.3 is 15.8 Å². The largest absolute Gasteiger partial charge is 0.497 e. The van der Waals surface area contributed by atoms with Crippen LogP contribution in [0.3, 0.4) is 0 Å². The van der Waals surface area contributed by atoms with Crippen LogP contribution in [0, 0.1) is 11.8 Å². The molecule has 1 saturated carbocycles. The van der Waals surface area contributed by atoms with Gasteiger partial charge in [0.05, 0.1) is 18.8 Å². The number of nitrogens with zero attached hydrogens (tertiary/aromatic N) is 1. The lowest BCUT2D eigenvalue weighted by Crippen LogP contribution is -2.37. The van der Waals surface area contributed by atoms with Crippen LogP contribution in [0.25, 0.3) is 11.1 Å². The van der Waals surface area contributed by atoms with Crippen molar-refractivity contribution in [2.75, 3.05) is 13.7 Å². The van der Waals surface area contributed by atoms with Gasteiger partial charge in [0.1, 0.15) is 5.75 Å². The Morgan fingerprint density at radius 1 is 1.03 bits per heavy atom. The Kier molecular flexibility index (Phi) is 7.74. The number of pyridine rings is 1. The van der Waals surface area contributed by atoms with E-state index in [1.807, 2.05) is 54.7 Å². The maximum atomic E-state index is 13.2. The van der Waals surface area contributed by atoms with Crippen LogP contribution in [-0.2, 0) is 11.2 Å². The summed E-state index contributed by atoms with van der Waals surface area (Å²) in [6, 6.07) is 22.1. The summed E-state index contributed by atoms with van der Waals surface area (Å²) in [7, 11) is 1.67. The van der Waals surface area contributed by atoms with Crippen LogP contribution in [-0.4, -0.2) is 24.5 Å². The smallest absolute Gasteiger partial charge is 0.223 e. The topological polar surface area (TPSA) is 77.2 Å². The normalized spacial score (nSPS) is 19.0. The third kappa shape index (κ3) is 5.99. The fourth-order valence-electron chi connectivity index (χ4n) is 4.63. The van der Waals surface area contributed by atoms with Crippen molar-refractivity contribution in [3.8, 4) is 16.9 Å². The highest BCUT2D eigenvalue weighted by Gasteiger charge is 2.28. The first-order valence-electron chi connectivity index (χ1n) is 11.8. The van der Waals surface area contributed by atoms with Crippen LogP contribution in [0.15, 0.2) is 72.9 Å². The van der Waals surface area contributed by atoms with Crippen LogP contribution in [0.4, 0.5) is 0 Å². The Morgan fingerprint density at radius 2 is 1.76 bits per heavy atom. The summed E-state index contributed by atoms with van der Waals surface area (Å²) in [6.07, 6.45) is 6.40. The molecule has 1 aromatic heterocycles. The van der Waals surface area contributed by atoms with Crippen LogP contribution in [0.1, 0.15) is 43.0 Å². The quantitative estimate of drug-likeness (QED) is 0.518. The molecular weight excluding hydrogens is 410 g/mol. The van der Waals surface area contributed by atoms with E-state index in [0.717, 1.165) is 48.3 Å². The van der Waals surface area contributed by atoms with E-state index in [0.29, 0.717) is 18.9 Å². The SMILES string of the molecule is COc1ccc(-c2ccnc(C(Cc3ccccc3)NC(=O)[C@H]3CC[C@H](CN)CC3)c2)cc1. The third-order valence-electron chi connectivity index (χ3n) is 6.71. The summed E-state index contributed by atoms with van der Waals surface area (Å²) >= 11 is 0. The molecule has 0 bridgehead atoms. The lowest BCUT2D eigenvalue weighted by atomic mass is 9.81. The van der Waals surface area contributed by atoms with Gasteiger partial charge in [0.15, 0.2) is 0 Å². The number of rotatable bonds is 8. The number of aromatic nitrogens is 1. The molecule has 1 fully saturated rings. The number of hydrogen-bond acceptors (Lipinski definition) is 4. The van der Waals surface area contributed by atoms with Crippen molar-refractivity contribution < 1.29 is 9.53 Å². The summed E-state index contributed by atoms with van der Waals surface area (Å²) < 4.78 is 5.28. The predicted octanol–water partition coefficient (Wildman–Crippen LogP) is 4.92. The van der Waals surface area contributed by atoms with E-state index in [9.17, 15) is 4.79 Å². The Balaban J connectivity index is 1.56. The van der Waals surface area contributed by atoms with Crippen molar-refractivity contribution >= 4 is 5.91 Å². The van der Waals surface area contributed by atoms with Crippen LogP contribution in [0.2, 0.25) is 0 Å². The molecule has 1 heterocycles. The van der Waals surface area contributed by atoms with Crippen LogP contribution >= 0.6 is 0 Å². The first-order chi connectivity index (χ1) is 16.2. The molecule has 0 radical (unpaired) electrons. The van der Waals surface area contributed by atoms with Gasteiger partial charge in [0.25, 0.3) is 0 Å². The lowest BCUT2D eigenvalue weighted by Gasteiger charge is -2.28. The van der Waals surface area contributed by atoms with E-state index in [-0.39, 0.29) is 17.9 Å². The minimum atomic E-state index is -0.190. The molecule has 0 aliphatic heterocycles. The molecule has 33 heavy (non-hydrogen) atoms. The van der Waals surface area contributed by atoms with Gasteiger partial charge in [0.2, 0.25) is 5.91 Å². The number of ether oxygens (including phenoxy) is 1. The first-order valence-corrected chi connectivity index (χ1v) is 11.8. The number of nitrogens with two attached hydrogens (primary N) is 1. The van der Waals surface area contributed by atoms with E-state index < -0.39 is 0 Å². The van der Waals surface area contributed by atoms with Gasteiger partial charge in [-0.1, -0.05) is 42.5 Å². The minimum Gasteiger partial charge on any atom is -0.497 e. The monoisotopic (exact) mass is 443 g/mol. The van der Waals surface area contributed by atoms with Crippen molar-refractivity contribution in [2.24, 2.45) is 17.6 Å². The predicted molar refractivity (Wildman–Crippen MR) is 132 cm³/mol. The molecule has 3 N–H and O–H groups in total. The molecule has 1 aliphatic rings. The molecule has 1 amide bonds. The Bertz CT molecular complexity index is 1030. The molecule has 172 valence electrons. The Morgan fingerprint density at radius 3 is 2.42 bits per heavy atom. The van der Waals surface area contributed by atoms with Crippen molar-refractivity contribution in [1.29, 1.82) is 0 Å². The molecular formula is C28H33N3O2. The maximum absolute atomic E-state index is 13.2. The van der Waals surface area contributed by atoms with E-state index in [1.54, 1.807) is 7.11 Å². The molecule has 4 rings (SSSR count). The molecule has 1 unspecified atom stereocenters. The number of carbonyl (C=O) groups is 1. The summed E-state index contributed by atoms with van der Waals surface area (Å²) in [5, 5.41) is 3.33. The van der Waals surface area contributed by atoms with Crippen molar-refractivity contribution in [2.45, 2.75) is 38.1 Å². The van der Waals surface area contributed by atoms with E-state index >= 15 is 0 Å². The number of hydrogen-bond donors (Lipinski definition) is 2. The Hall–Kier alpha value is -3.18. The average molecular weight is 444 g/mol. The lowest BCUT2D eigenvalue weighted by molar-refractivity contribution is -0.127. The fraction of sp³-hybridized carbons (Fsp3) is 0.357. The van der Waals surface area contributed by atoms with Gasteiger partial charge in [-0.15, -0.1) is 0 Å². The van der Waals surface area contributed by atoms with Gasteiger partial charge in [0, 0.05) is 12.1 Å². The number of benzene rings is 2. The van der Waals surface area contributed by atoms with E-state index in [2.05, 4.69) is 28.5 Å². The fourth-order valence-corrected chi connectivity index (χ4v) is 4.63. The zero-order valence-electron chi connectivity index (χ0n) is 19.2. The molecule has 3 aromatic rings. The summed E-state index contributed by atoms with van der Waals surface area (Å²) in [5.74, 6) is 1.56. The van der Waals surface area contributed by atoms with Crippen LogP contribution in [0.5, 0.6) is 5.75 Å². The molecule has 0 saturated heterocycles. The zero-order valence-corrected chi connectivity index (χ0v) is 19.2. The van der Waals surface area contributed by atoms with Gasteiger partial charge >= 0.3 is 0 Å². The number of amides is 1. The second-order valence-electron chi connectivity index (χ2n) is 8.90. The molecule has 5 nitrogen and oxygen atoms in total.